The van der Waals surface area contributed by atoms with Crippen LogP contribution in [-0.4, -0.2) is 40.9 Å². The molecule has 1 saturated heterocycles. The lowest BCUT2D eigenvalue weighted by Crippen LogP contribution is -2.24. The van der Waals surface area contributed by atoms with Gasteiger partial charge in [0.25, 0.3) is 0 Å². The molecule has 0 unspecified atom stereocenters. The van der Waals surface area contributed by atoms with Crippen molar-refractivity contribution in [1.82, 2.24) is 9.97 Å². The van der Waals surface area contributed by atoms with Crippen molar-refractivity contribution >= 4 is 23.5 Å². The molecule has 1 fully saturated rings. The van der Waals surface area contributed by atoms with Crippen molar-refractivity contribution in [2.24, 2.45) is 11.7 Å². The van der Waals surface area contributed by atoms with Crippen molar-refractivity contribution in [2.45, 2.75) is 6.42 Å². The van der Waals surface area contributed by atoms with Crippen molar-refractivity contribution in [1.29, 1.82) is 0 Å². The number of carbonyl (C=O) groups excluding carboxylic acids is 1. The van der Waals surface area contributed by atoms with Crippen LogP contribution in [0.5, 0.6) is 5.75 Å². The van der Waals surface area contributed by atoms with Gasteiger partial charge in [-0.15, -0.1) is 0 Å². The van der Waals surface area contributed by atoms with E-state index in [4.69, 9.17) is 22.1 Å². The molecule has 7 nitrogen and oxygen atoms in total. The van der Waals surface area contributed by atoms with Gasteiger partial charge >= 0.3 is 6.09 Å². The summed E-state index contributed by atoms with van der Waals surface area (Å²) in [5.74, 6) is 0.554. The SMILES string of the molecule is NC(=O)OC[C@H]1CCN(c2nc(Cl)ncc2O)C1. The van der Waals surface area contributed by atoms with Crippen molar-refractivity contribution in [3.05, 3.63) is 11.5 Å². The Morgan fingerprint density at radius 3 is 3.22 bits per heavy atom. The average molecular weight is 273 g/mol. The second kappa shape index (κ2) is 5.26. The number of ether oxygens (including phenoxy) is 1. The van der Waals surface area contributed by atoms with Gasteiger partial charge in [0.15, 0.2) is 11.6 Å². The third kappa shape index (κ3) is 2.92. The number of hydrogen-bond acceptors (Lipinski definition) is 6. The van der Waals surface area contributed by atoms with Crippen LogP contribution in [0.25, 0.3) is 0 Å². The molecule has 2 rings (SSSR count). The molecule has 0 spiro atoms. The molecule has 8 heteroatoms. The molecule has 3 N–H and O–H groups in total. The van der Waals surface area contributed by atoms with Gasteiger partial charge in [-0.2, -0.15) is 4.98 Å². The van der Waals surface area contributed by atoms with E-state index in [1.807, 2.05) is 4.90 Å². The Hall–Kier alpha value is -1.76. The lowest BCUT2D eigenvalue weighted by molar-refractivity contribution is 0.140. The van der Waals surface area contributed by atoms with E-state index in [-0.39, 0.29) is 23.6 Å². The summed E-state index contributed by atoms with van der Waals surface area (Å²) < 4.78 is 4.75. The number of nitrogens with zero attached hydrogens (tertiary/aromatic N) is 3. The zero-order valence-corrected chi connectivity index (χ0v) is 10.3. The minimum absolute atomic E-state index is 0.0177. The highest BCUT2D eigenvalue weighted by molar-refractivity contribution is 6.28. The maximum atomic E-state index is 10.5. The van der Waals surface area contributed by atoms with Gasteiger partial charge in [0.05, 0.1) is 12.8 Å². The molecule has 0 saturated carbocycles. The second-order valence-electron chi connectivity index (χ2n) is 4.08. The van der Waals surface area contributed by atoms with Gasteiger partial charge in [-0.05, 0) is 18.0 Å². The molecule has 98 valence electrons. The van der Waals surface area contributed by atoms with Crippen molar-refractivity contribution in [3.63, 3.8) is 0 Å². The summed E-state index contributed by atoms with van der Waals surface area (Å²) in [6.07, 6.45) is 1.31. The largest absolute Gasteiger partial charge is 0.503 e. The van der Waals surface area contributed by atoms with Gasteiger partial charge in [-0.1, -0.05) is 0 Å². The van der Waals surface area contributed by atoms with Gasteiger partial charge in [-0.3, -0.25) is 0 Å². The number of anilines is 1. The van der Waals surface area contributed by atoms with Gasteiger partial charge in [0.1, 0.15) is 0 Å². The molecule has 1 atom stereocenters. The number of rotatable bonds is 3. The van der Waals surface area contributed by atoms with Crippen LogP contribution < -0.4 is 10.6 Å². The standard InChI is InChI=1S/C10H13ClN4O3/c11-9-13-3-7(16)8(14-9)15-2-1-6(4-15)5-18-10(12)17/h3,6,16H,1-2,4-5H2,(H2,12,17)/t6-/m0/s1. The highest BCUT2D eigenvalue weighted by Crippen LogP contribution is 2.29. The first kappa shape index (κ1) is 12.7. The number of hydrogen-bond donors (Lipinski definition) is 2. The molecule has 1 aliphatic rings. The minimum atomic E-state index is -0.777. The van der Waals surface area contributed by atoms with Crippen molar-refractivity contribution < 1.29 is 14.6 Å². The minimum Gasteiger partial charge on any atom is -0.503 e. The lowest BCUT2D eigenvalue weighted by Gasteiger charge is -2.18. The number of halogens is 1. The van der Waals surface area contributed by atoms with Crippen LogP contribution in [0.15, 0.2) is 6.20 Å². The highest BCUT2D eigenvalue weighted by atomic mass is 35.5. The molecule has 1 aromatic heterocycles. The molecular weight excluding hydrogens is 260 g/mol. The molecule has 1 aromatic rings. The Morgan fingerprint density at radius 2 is 2.50 bits per heavy atom. The third-order valence-corrected chi connectivity index (χ3v) is 2.95. The monoisotopic (exact) mass is 272 g/mol. The molecular formula is C10H13ClN4O3. The van der Waals surface area contributed by atoms with E-state index >= 15 is 0 Å². The van der Waals surface area contributed by atoms with E-state index < -0.39 is 6.09 Å². The Labute approximate surface area is 109 Å². The van der Waals surface area contributed by atoms with E-state index in [9.17, 15) is 9.90 Å². The Morgan fingerprint density at radius 1 is 1.72 bits per heavy atom. The zero-order chi connectivity index (χ0) is 13.1. The Kier molecular flexibility index (Phi) is 3.71. The van der Waals surface area contributed by atoms with Crippen molar-refractivity contribution in [2.75, 3.05) is 24.6 Å². The zero-order valence-electron chi connectivity index (χ0n) is 9.54. The number of nitrogens with two attached hydrogens (primary N) is 1. The molecule has 0 bridgehead atoms. The number of aromatic hydroxyl groups is 1. The fourth-order valence-corrected chi connectivity index (χ4v) is 2.07. The smallest absolute Gasteiger partial charge is 0.404 e. The van der Waals surface area contributed by atoms with Gasteiger partial charge in [0, 0.05) is 19.0 Å². The molecule has 18 heavy (non-hydrogen) atoms. The summed E-state index contributed by atoms with van der Waals surface area (Å²) in [4.78, 5) is 20.1. The average Bonchev–Trinajstić information content (AvgIpc) is 2.78. The topological polar surface area (TPSA) is 102 Å². The van der Waals surface area contributed by atoms with Crippen LogP contribution in [0, 0.1) is 5.92 Å². The van der Waals surface area contributed by atoms with E-state index in [0.29, 0.717) is 18.9 Å². The second-order valence-corrected chi connectivity index (χ2v) is 4.42. The van der Waals surface area contributed by atoms with Gasteiger partial charge in [-0.25, -0.2) is 9.78 Å². The van der Waals surface area contributed by atoms with Crippen LogP contribution in [-0.2, 0) is 4.74 Å². The normalized spacial score (nSPS) is 18.9. The van der Waals surface area contributed by atoms with E-state index in [1.54, 1.807) is 0 Å². The van der Waals surface area contributed by atoms with Crippen LogP contribution >= 0.6 is 11.6 Å². The number of primary amides is 1. The summed E-state index contributed by atoms with van der Waals surface area (Å²) in [7, 11) is 0. The lowest BCUT2D eigenvalue weighted by atomic mass is 10.1. The first-order valence-corrected chi connectivity index (χ1v) is 5.82. The molecule has 1 amide bonds. The number of aromatic nitrogens is 2. The predicted molar refractivity (Wildman–Crippen MR) is 64.6 cm³/mol. The molecule has 0 aromatic carbocycles. The molecule has 1 aliphatic heterocycles. The van der Waals surface area contributed by atoms with E-state index in [2.05, 4.69) is 9.97 Å². The quantitative estimate of drug-likeness (QED) is 0.788. The summed E-state index contributed by atoms with van der Waals surface area (Å²) in [5.41, 5.74) is 4.91. The first-order chi connectivity index (χ1) is 8.56. The summed E-state index contributed by atoms with van der Waals surface area (Å²) in [6.45, 7) is 1.59. The summed E-state index contributed by atoms with van der Waals surface area (Å²) in [6, 6.07) is 0. The van der Waals surface area contributed by atoms with Gasteiger partial charge < -0.3 is 20.5 Å². The van der Waals surface area contributed by atoms with Crippen LogP contribution in [0.3, 0.4) is 0 Å². The highest BCUT2D eigenvalue weighted by Gasteiger charge is 2.26. The summed E-state index contributed by atoms with van der Waals surface area (Å²) in [5, 5.41) is 9.75. The van der Waals surface area contributed by atoms with E-state index in [0.717, 1.165) is 6.42 Å². The summed E-state index contributed by atoms with van der Waals surface area (Å²) >= 11 is 5.69. The predicted octanol–water partition coefficient (Wildman–Crippen LogP) is 0.757. The van der Waals surface area contributed by atoms with Crippen LogP contribution in [0.4, 0.5) is 10.6 Å². The fraction of sp³-hybridized carbons (Fsp3) is 0.500. The van der Waals surface area contributed by atoms with Gasteiger partial charge in [0.2, 0.25) is 5.28 Å². The van der Waals surface area contributed by atoms with Crippen LogP contribution in [0.1, 0.15) is 6.42 Å². The van der Waals surface area contributed by atoms with Crippen LogP contribution in [0.2, 0.25) is 5.28 Å². The van der Waals surface area contributed by atoms with E-state index in [1.165, 1.54) is 6.20 Å². The number of amides is 1. The maximum Gasteiger partial charge on any atom is 0.404 e. The first-order valence-electron chi connectivity index (χ1n) is 5.45. The number of carbonyl (C=O) groups is 1. The third-order valence-electron chi connectivity index (χ3n) is 2.77. The Bertz CT molecular complexity index is 457. The molecule has 0 aliphatic carbocycles. The maximum absolute atomic E-state index is 10.5. The Balaban J connectivity index is 1.99. The van der Waals surface area contributed by atoms with Crippen molar-refractivity contribution in [3.8, 4) is 5.75 Å². The fourth-order valence-electron chi connectivity index (χ4n) is 1.94. The molecule has 0 radical (unpaired) electrons. The molecule has 2 heterocycles.